The Kier molecular flexibility index (Phi) is 26.1. The van der Waals surface area contributed by atoms with Crippen molar-refractivity contribution in [1.29, 1.82) is 0 Å². The summed E-state index contributed by atoms with van der Waals surface area (Å²) in [4.78, 5) is 11.0. The molecule has 1 radical (unpaired) electrons. The van der Waals surface area contributed by atoms with Gasteiger partial charge in [-0.15, -0.1) is 0 Å². The van der Waals surface area contributed by atoms with Gasteiger partial charge in [-0.3, -0.25) is 4.79 Å². The molecule has 1 nitrogen and oxygen atoms in total. The number of hydrogen-bond donors (Lipinski definition) is 0. The molecule has 1 rings (SSSR count). The second-order valence-electron chi connectivity index (χ2n) is 2.43. The Morgan fingerprint density at radius 2 is 1.41 bits per heavy atom. The van der Waals surface area contributed by atoms with E-state index in [1.165, 1.54) is 6.08 Å². The van der Waals surface area contributed by atoms with Gasteiger partial charge in [0.15, 0.2) is 5.78 Å². The quantitative estimate of drug-likeness (QED) is 0.544. The third-order valence-corrected chi connectivity index (χ3v) is 1.52. The summed E-state index contributed by atoms with van der Waals surface area (Å²) in [5, 5.41) is 0. The Morgan fingerprint density at radius 1 is 1.06 bits per heavy atom. The van der Waals surface area contributed by atoms with Crippen molar-refractivity contribution in [1.82, 2.24) is 0 Å². The van der Waals surface area contributed by atoms with E-state index in [1.54, 1.807) is 12.1 Å². The number of ketones is 1. The van der Waals surface area contributed by atoms with Crippen LogP contribution in [0.2, 0.25) is 0 Å². The van der Waals surface area contributed by atoms with Gasteiger partial charge >= 0.3 is 0 Å². The molecule has 0 spiro atoms. The van der Waals surface area contributed by atoms with E-state index >= 15 is 0 Å². The molecule has 17 heavy (non-hydrogen) atoms. The molecule has 0 aliphatic heterocycles. The van der Waals surface area contributed by atoms with Crippen LogP contribution in [0.25, 0.3) is 0 Å². The maximum Gasteiger partial charge on any atom is 0.185 e. The smallest absolute Gasteiger partial charge is 0.185 e. The van der Waals surface area contributed by atoms with Gasteiger partial charge in [0.05, 0.1) is 0 Å². The molecule has 0 unspecified atom stereocenters. The van der Waals surface area contributed by atoms with E-state index in [1.807, 2.05) is 46.8 Å². The summed E-state index contributed by atoms with van der Waals surface area (Å²) in [5.74, 6) is -0.0231. The number of carbonyl (C=O) groups is 1. The standard InChI is InChI=1S/C10H10O.2C2H6.CH4.V/c1-3-10(11)9-6-4-8(2)5-7-9;2*1-2;;/h3-7H,1H2,2H3;2*1-2H3;1H4;. The first-order valence-corrected chi connectivity index (χ1v) is 5.47. The fourth-order valence-corrected chi connectivity index (χ4v) is 0.836. The van der Waals surface area contributed by atoms with E-state index in [9.17, 15) is 4.79 Å². The summed E-state index contributed by atoms with van der Waals surface area (Å²) in [7, 11) is 0. The minimum Gasteiger partial charge on any atom is -0.289 e. The summed E-state index contributed by atoms with van der Waals surface area (Å²) in [6.07, 6.45) is 1.32. The van der Waals surface area contributed by atoms with Crippen LogP contribution in [0.5, 0.6) is 0 Å². The molecule has 97 valence electrons. The minimum atomic E-state index is -0.0231. The van der Waals surface area contributed by atoms with Crippen molar-refractivity contribution >= 4 is 5.78 Å². The van der Waals surface area contributed by atoms with Gasteiger partial charge in [0.2, 0.25) is 0 Å². The number of rotatable bonds is 2. The molecular weight excluding hydrogens is 247 g/mol. The van der Waals surface area contributed by atoms with Crippen LogP contribution < -0.4 is 0 Å². The van der Waals surface area contributed by atoms with Gasteiger partial charge < -0.3 is 0 Å². The van der Waals surface area contributed by atoms with Gasteiger partial charge in [0.1, 0.15) is 0 Å². The molecule has 2 heteroatoms. The van der Waals surface area contributed by atoms with Gasteiger partial charge in [0.25, 0.3) is 0 Å². The molecule has 0 N–H and O–H groups in total. The Balaban J connectivity index is -0.000000128. The number of benzene rings is 1. The number of allylic oxidation sites excluding steroid dienone is 1. The van der Waals surface area contributed by atoms with E-state index in [0.29, 0.717) is 5.56 Å². The number of carbonyl (C=O) groups excluding carboxylic acids is 1. The zero-order chi connectivity index (χ0) is 12.3. The van der Waals surface area contributed by atoms with E-state index < -0.39 is 0 Å². The van der Waals surface area contributed by atoms with E-state index in [0.717, 1.165) is 5.56 Å². The molecule has 0 aromatic heterocycles. The largest absolute Gasteiger partial charge is 0.289 e. The molecule has 1 aromatic rings. The summed E-state index contributed by atoms with van der Waals surface area (Å²) in [5.41, 5.74) is 1.86. The molecule has 0 amide bonds. The Labute approximate surface area is 119 Å². The van der Waals surface area contributed by atoms with Crippen LogP contribution in [-0.2, 0) is 18.6 Å². The van der Waals surface area contributed by atoms with Gasteiger partial charge in [-0.25, -0.2) is 0 Å². The van der Waals surface area contributed by atoms with Crippen LogP contribution in [-0.4, -0.2) is 5.78 Å². The third-order valence-electron chi connectivity index (χ3n) is 1.52. The molecule has 0 atom stereocenters. The Bertz CT molecular complexity index is 275. The Hall–Kier alpha value is -0.786. The van der Waals surface area contributed by atoms with Gasteiger partial charge in [0, 0.05) is 24.1 Å². The van der Waals surface area contributed by atoms with E-state index in [2.05, 4.69) is 6.58 Å². The molecule has 0 fully saturated rings. The zero-order valence-corrected chi connectivity index (χ0v) is 12.3. The van der Waals surface area contributed by atoms with Crippen LogP contribution in [0.15, 0.2) is 36.9 Å². The van der Waals surface area contributed by atoms with Crippen molar-refractivity contribution in [3.8, 4) is 0 Å². The summed E-state index contributed by atoms with van der Waals surface area (Å²) in [6, 6.07) is 7.44. The SMILES string of the molecule is C.C=CC(=O)c1ccc(C)cc1.CC.CC.[V]. The molecule has 0 heterocycles. The second-order valence-corrected chi connectivity index (χ2v) is 2.43. The molecule has 1 aromatic carbocycles. The van der Waals surface area contributed by atoms with Crippen LogP contribution in [0.4, 0.5) is 0 Å². The van der Waals surface area contributed by atoms with Crippen molar-refractivity contribution in [2.45, 2.75) is 42.0 Å². The fourth-order valence-electron chi connectivity index (χ4n) is 0.836. The van der Waals surface area contributed by atoms with Crippen LogP contribution in [0.1, 0.15) is 51.0 Å². The minimum absolute atomic E-state index is 0. The monoisotopic (exact) mass is 273 g/mol. The van der Waals surface area contributed by atoms with Crippen LogP contribution in [0, 0.1) is 6.92 Å². The Morgan fingerprint density at radius 3 is 1.71 bits per heavy atom. The van der Waals surface area contributed by atoms with Crippen molar-refractivity contribution < 1.29 is 23.4 Å². The van der Waals surface area contributed by atoms with Gasteiger partial charge in [-0.1, -0.05) is 71.5 Å². The molecule has 0 aliphatic rings. The average Bonchev–Trinajstić information content (AvgIpc) is 2.34. The molecule has 0 bridgehead atoms. The zero-order valence-electron chi connectivity index (χ0n) is 10.9. The number of hydrogen-bond acceptors (Lipinski definition) is 1. The van der Waals surface area contributed by atoms with Crippen LogP contribution in [0.3, 0.4) is 0 Å². The first kappa shape index (κ1) is 25.2. The first-order valence-electron chi connectivity index (χ1n) is 5.47. The predicted octanol–water partition coefficient (Wildman–Crippen LogP) is 5.05. The van der Waals surface area contributed by atoms with Gasteiger partial charge in [-0.2, -0.15) is 0 Å². The van der Waals surface area contributed by atoms with E-state index in [-0.39, 0.29) is 31.8 Å². The molecule has 0 saturated carbocycles. The van der Waals surface area contributed by atoms with Crippen molar-refractivity contribution in [2.75, 3.05) is 0 Å². The van der Waals surface area contributed by atoms with Crippen molar-refractivity contribution in [3.63, 3.8) is 0 Å². The van der Waals surface area contributed by atoms with Crippen molar-refractivity contribution in [2.24, 2.45) is 0 Å². The fraction of sp³-hybridized carbons (Fsp3) is 0.400. The number of aryl methyl sites for hydroxylation is 1. The summed E-state index contributed by atoms with van der Waals surface area (Å²) < 4.78 is 0. The van der Waals surface area contributed by atoms with Crippen LogP contribution >= 0.6 is 0 Å². The normalized spacial score (nSPS) is 6.65. The van der Waals surface area contributed by atoms with Gasteiger partial charge in [-0.05, 0) is 13.0 Å². The maximum atomic E-state index is 11.0. The predicted molar refractivity (Wildman–Crippen MR) is 75.1 cm³/mol. The summed E-state index contributed by atoms with van der Waals surface area (Å²) >= 11 is 0. The molecule has 0 aliphatic carbocycles. The summed E-state index contributed by atoms with van der Waals surface area (Å²) in [6.45, 7) is 13.4. The third kappa shape index (κ3) is 11.5. The first-order chi connectivity index (χ1) is 7.24. The van der Waals surface area contributed by atoms with E-state index in [4.69, 9.17) is 0 Å². The average molecular weight is 273 g/mol. The topological polar surface area (TPSA) is 17.1 Å². The van der Waals surface area contributed by atoms with Crippen molar-refractivity contribution in [3.05, 3.63) is 48.0 Å². The maximum absolute atomic E-state index is 11.0. The molecule has 0 saturated heterocycles. The second kappa shape index (κ2) is 17.6. The molecular formula is C15H26OV.